The van der Waals surface area contributed by atoms with Crippen molar-refractivity contribution < 1.29 is 19.2 Å². The molecule has 94 valence electrons. The molecule has 2 rings (SSSR count). The van der Waals surface area contributed by atoms with Crippen molar-refractivity contribution in [1.29, 1.82) is 0 Å². The molecule has 0 bridgehead atoms. The smallest absolute Gasteiger partial charge is 0.305 e. The van der Waals surface area contributed by atoms with Crippen molar-refractivity contribution in [2.24, 2.45) is 0 Å². The molecular weight excluding hydrogens is 236 g/mol. The maximum absolute atomic E-state index is 11.5. The molecule has 0 spiro atoms. The molecule has 0 unspecified atom stereocenters. The van der Waals surface area contributed by atoms with Crippen molar-refractivity contribution >= 4 is 22.8 Å². The molecule has 0 aliphatic carbocycles. The van der Waals surface area contributed by atoms with Crippen LogP contribution in [0.25, 0.3) is 11.0 Å². The predicted octanol–water partition coefficient (Wildman–Crippen LogP) is 0.961. The van der Waals surface area contributed by atoms with Crippen LogP contribution in [0, 0.1) is 0 Å². The maximum atomic E-state index is 11.5. The largest absolute Gasteiger partial charge is 0.481 e. The van der Waals surface area contributed by atoms with Gasteiger partial charge in [-0.15, -0.1) is 0 Å². The number of amides is 1. The van der Waals surface area contributed by atoms with Crippen molar-refractivity contribution in [3.05, 3.63) is 30.0 Å². The van der Waals surface area contributed by atoms with Crippen LogP contribution in [0.3, 0.4) is 0 Å². The summed E-state index contributed by atoms with van der Waals surface area (Å²) in [5.74, 6) is -1.21. The van der Waals surface area contributed by atoms with E-state index in [2.05, 4.69) is 10.5 Å². The fourth-order valence-electron chi connectivity index (χ4n) is 1.59. The second-order valence-corrected chi connectivity index (χ2v) is 3.80. The van der Waals surface area contributed by atoms with Gasteiger partial charge in [-0.1, -0.05) is 17.3 Å². The number of aliphatic carboxylic acids is 1. The van der Waals surface area contributed by atoms with Crippen LogP contribution in [-0.4, -0.2) is 28.7 Å². The summed E-state index contributed by atoms with van der Waals surface area (Å²) in [4.78, 5) is 21.8. The number of hydrogen-bond donors (Lipinski definition) is 2. The Morgan fingerprint density at radius 1 is 1.33 bits per heavy atom. The van der Waals surface area contributed by atoms with Crippen molar-refractivity contribution in [2.75, 3.05) is 6.54 Å². The van der Waals surface area contributed by atoms with Crippen molar-refractivity contribution in [3.8, 4) is 0 Å². The van der Waals surface area contributed by atoms with Gasteiger partial charge in [0.05, 0.1) is 12.8 Å². The molecule has 2 aromatic rings. The second-order valence-electron chi connectivity index (χ2n) is 3.80. The van der Waals surface area contributed by atoms with Crippen LogP contribution in [0.15, 0.2) is 28.8 Å². The van der Waals surface area contributed by atoms with Gasteiger partial charge in [-0.2, -0.15) is 0 Å². The van der Waals surface area contributed by atoms with E-state index in [1.807, 2.05) is 18.2 Å². The first kappa shape index (κ1) is 12.1. The highest BCUT2D eigenvalue weighted by Crippen LogP contribution is 2.17. The number of fused-ring (bicyclic) bond motifs is 1. The van der Waals surface area contributed by atoms with Gasteiger partial charge in [0.15, 0.2) is 5.58 Å². The molecule has 1 amide bonds. The summed E-state index contributed by atoms with van der Waals surface area (Å²) in [5, 5.41) is 15.6. The maximum Gasteiger partial charge on any atom is 0.305 e. The highest BCUT2D eigenvalue weighted by atomic mass is 16.5. The minimum Gasteiger partial charge on any atom is -0.481 e. The number of aromatic nitrogens is 1. The Balaban J connectivity index is 1.97. The van der Waals surface area contributed by atoms with Crippen LogP contribution in [0.2, 0.25) is 0 Å². The number of benzene rings is 1. The monoisotopic (exact) mass is 248 g/mol. The van der Waals surface area contributed by atoms with Crippen LogP contribution in [0.5, 0.6) is 0 Å². The molecular formula is C12H12N2O4. The first-order chi connectivity index (χ1) is 8.66. The fourth-order valence-corrected chi connectivity index (χ4v) is 1.59. The standard InChI is InChI=1S/C12H12N2O4/c15-11(13-6-5-12(16)17)7-9-8-3-1-2-4-10(8)18-14-9/h1-4H,5-7H2,(H,13,15)(H,16,17). The number of rotatable bonds is 5. The van der Waals surface area contributed by atoms with Crippen LogP contribution in [0.1, 0.15) is 12.1 Å². The van der Waals surface area contributed by atoms with Crippen LogP contribution >= 0.6 is 0 Å². The zero-order chi connectivity index (χ0) is 13.0. The van der Waals surface area contributed by atoms with E-state index in [1.54, 1.807) is 6.07 Å². The molecule has 0 saturated heterocycles. The summed E-state index contributed by atoms with van der Waals surface area (Å²) < 4.78 is 5.07. The summed E-state index contributed by atoms with van der Waals surface area (Å²) in [7, 11) is 0. The van der Waals surface area contributed by atoms with Gasteiger partial charge in [0, 0.05) is 11.9 Å². The first-order valence-electron chi connectivity index (χ1n) is 5.48. The molecule has 18 heavy (non-hydrogen) atoms. The van der Waals surface area contributed by atoms with Crippen LogP contribution in [0.4, 0.5) is 0 Å². The Bertz CT molecular complexity index is 576. The topological polar surface area (TPSA) is 92.4 Å². The van der Waals surface area contributed by atoms with Gasteiger partial charge < -0.3 is 14.9 Å². The molecule has 2 N–H and O–H groups in total. The Morgan fingerprint density at radius 3 is 2.89 bits per heavy atom. The molecule has 0 atom stereocenters. The molecule has 0 saturated carbocycles. The third-order valence-corrected chi connectivity index (χ3v) is 2.44. The Hall–Kier alpha value is -2.37. The number of para-hydroxylation sites is 1. The van der Waals surface area contributed by atoms with Crippen molar-refractivity contribution in [3.63, 3.8) is 0 Å². The summed E-state index contributed by atoms with van der Waals surface area (Å²) in [6.07, 6.45) is -0.0120. The highest BCUT2D eigenvalue weighted by molar-refractivity contribution is 5.86. The Kier molecular flexibility index (Phi) is 3.57. The zero-order valence-corrected chi connectivity index (χ0v) is 9.55. The van der Waals surface area contributed by atoms with Crippen LogP contribution in [-0.2, 0) is 16.0 Å². The van der Waals surface area contributed by atoms with E-state index in [4.69, 9.17) is 9.63 Å². The Labute approximate surface area is 103 Å². The number of hydrogen-bond acceptors (Lipinski definition) is 4. The van der Waals surface area contributed by atoms with E-state index < -0.39 is 5.97 Å². The van der Waals surface area contributed by atoms with Gasteiger partial charge in [-0.25, -0.2) is 0 Å². The lowest BCUT2D eigenvalue weighted by molar-refractivity contribution is -0.136. The van der Waals surface area contributed by atoms with Gasteiger partial charge in [-0.05, 0) is 12.1 Å². The zero-order valence-electron chi connectivity index (χ0n) is 9.55. The minimum atomic E-state index is -0.942. The summed E-state index contributed by atoms with van der Waals surface area (Å²) >= 11 is 0. The quantitative estimate of drug-likeness (QED) is 0.822. The number of carboxylic acid groups (broad SMARTS) is 1. The van der Waals surface area contributed by atoms with Gasteiger partial charge in [0.2, 0.25) is 5.91 Å². The van der Waals surface area contributed by atoms with Gasteiger partial charge in [0.1, 0.15) is 5.69 Å². The molecule has 6 nitrogen and oxygen atoms in total. The third kappa shape index (κ3) is 2.85. The van der Waals surface area contributed by atoms with Crippen molar-refractivity contribution in [1.82, 2.24) is 10.5 Å². The van der Waals surface area contributed by atoms with Gasteiger partial charge >= 0.3 is 5.97 Å². The number of nitrogens with one attached hydrogen (secondary N) is 1. The normalized spacial score (nSPS) is 10.4. The molecule has 0 fully saturated rings. The molecule has 0 radical (unpaired) electrons. The molecule has 1 aromatic heterocycles. The highest BCUT2D eigenvalue weighted by Gasteiger charge is 2.11. The first-order valence-corrected chi connectivity index (χ1v) is 5.48. The van der Waals surface area contributed by atoms with E-state index in [0.29, 0.717) is 11.3 Å². The summed E-state index contributed by atoms with van der Waals surface area (Å²) in [6.45, 7) is 0.115. The third-order valence-electron chi connectivity index (χ3n) is 2.44. The summed E-state index contributed by atoms with van der Waals surface area (Å²) in [6, 6.07) is 7.26. The fraction of sp³-hybridized carbons (Fsp3) is 0.250. The predicted molar refractivity (Wildman–Crippen MR) is 63.0 cm³/mol. The molecule has 0 aliphatic heterocycles. The average Bonchev–Trinajstić information content (AvgIpc) is 2.72. The lowest BCUT2D eigenvalue weighted by atomic mass is 10.1. The number of nitrogens with zero attached hydrogens (tertiary/aromatic N) is 1. The average molecular weight is 248 g/mol. The summed E-state index contributed by atoms with van der Waals surface area (Å²) in [5.41, 5.74) is 1.18. The van der Waals surface area contributed by atoms with Crippen molar-refractivity contribution in [2.45, 2.75) is 12.8 Å². The minimum absolute atomic E-state index is 0.0800. The molecule has 6 heteroatoms. The van der Waals surface area contributed by atoms with Gasteiger partial charge in [0.25, 0.3) is 0 Å². The Morgan fingerprint density at radius 2 is 2.11 bits per heavy atom. The lowest BCUT2D eigenvalue weighted by Crippen LogP contribution is -2.27. The molecule has 1 heterocycles. The number of carboxylic acids is 1. The van der Waals surface area contributed by atoms with E-state index in [9.17, 15) is 9.59 Å². The lowest BCUT2D eigenvalue weighted by Gasteiger charge is -2.01. The molecule has 0 aliphatic rings. The van der Waals surface area contributed by atoms with E-state index in [0.717, 1.165) is 5.39 Å². The van der Waals surface area contributed by atoms with E-state index in [-0.39, 0.29) is 25.3 Å². The second kappa shape index (κ2) is 5.31. The SMILES string of the molecule is O=C(O)CCNC(=O)Cc1noc2ccccc12. The molecule has 1 aromatic carbocycles. The van der Waals surface area contributed by atoms with E-state index >= 15 is 0 Å². The number of carbonyl (C=O) groups is 2. The van der Waals surface area contributed by atoms with Crippen LogP contribution < -0.4 is 5.32 Å². The number of carbonyl (C=O) groups excluding carboxylic acids is 1. The van der Waals surface area contributed by atoms with E-state index in [1.165, 1.54) is 0 Å². The van der Waals surface area contributed by atoms with Gasteiger partial charge in [-0.3, -0.25) is 9.59 Å².